The Kier molecular flexibility index (Phi) is 6.45. The molecule has 0 atom stereocenters. The van der Waals surface area contributed by atoms with Crippen molar-refractivity contribution in [2.75, 3.05) is 26.8 Å². The Morgan fingerprint density at radius 1 is 1.30 bits per heavy atom. The summed E-state index contributed by atoms with van der Waals surface area (Å²) in [5.74, 6) is -0.670. The summed E-state index contributed by atoms with van der Waals surface area (Å²) in [6, 6.07) is 1.35. The predicted octanol–water partition coefficient (Wildman–Crippen LogP) is -0.434. The Bertz CT molecular complexity index is 525. The molecule has 0 bridgehead atoms. The lowest BCUT2D eigenvalue weighted by Crippen LogP contribution is -2.33. The molecule has 0 saturated heterocycles. The SMILES string of the molecule is COCCNC(=O)CCNC(=O)c1c[nH]c(C)cc1=O. The van der Waals surface area contributed by atoms with Crippen LogP contribution in [0, 0.1) is 6.92 Å². The summed E-state index contributed by atoms with van der Waals surface area (Å²) in [7, 11) is 1.55. The van der Waals surface area contributed by atoms with E-state index < -0.39 is 5.91 Å². The fraction of sp³-hybridized carbons (Fsp3) is 0.462. The van der Waals surface area contributed by atoms with Crippen LogP contribution in [0.15, 0.2) is 17.1 Å². The lowest BCUT2D eigenvalue weighted by molar-refractivity contribution is -0.121. The summed E-state index contributed by atoms with van der Waals surface area (Å²) in [5.41, 5.74) is 0.378. The molecule has 0 aliphatic rings. The zero-order valence-corrected chi connectivity index (χ0v) is 11.6. The largest absolute Gasteiger partial charge is 0.383 e. The van der Waals surface area contributed by atoms with E-state index in [1.807, 2.05) is 0 Å². The fourth-order valence-corrected chi connectivity index (χ4v) is 1.52. The maximum atomic E-state index is 11.7. The van der Waals surface area contributed by atoms with Crippen molar-refractivity contribution in [3.63, 3.8) is 0 Å². The number of carbonyl (C=O) groups is 2. The first-order valence-electron chi connectivity index (χ1n) is 6.27. The van der Waals surface area contributed by atoms with Gasteiger partial charge < -0.3 is 20.4 Å². The van der Waals surface area contributed by atoms with E-state index >= 15 is 0 Å². The standard InChI is InChI=1S/C13H19N3O4/c1-9-7-11(17)10(8-16-9)13(19)15-4-3-12(18)14-5-6-20-2/h7-8H,3-6H2,1-2H3,(H,14,18)(H,15,19)(H,16,17). The number of aryl methyl sites for hydroxylation is 1. The van der Waals surface area contributed by atoms with Crippen molar-refractivity contribution < 1.29 is 14.3 Å². The Morgan fingerprint density at radius 2 is 2.05 bits per heavy atom. The topological polar surface area (TPSA) is 100 Å². The molecule has 7 nitrogen and oxygen atoms in total. The molecule has 0 unspecified atom stereocenters. The van der Waals surface area contributed by atoms with E-state index in [0.717, 1.165) is 0 Å². The molecule has 0 fully saturated rings. The molecule has 20 heavy (non-hydrogen) atoms. The maximum Gasteiger partial charge on any atom is 0.256 e. The predicted molar refractivity (Wildman–Crippen MR) is 73.6 cm³/mol. The summed E-state index contributed by atoms with van der Waals surface area (Å²) < 4.78 is 4.79. The summed E-state index contributed by atoms with van der Waals surface area (Å²) >= 11 is 0. The van der Waals surface area contributed by atoms with Crippen LogP contribution in [0.2, 0.25) is 0 Å². The van der Waals surface area contributed by atoms with Crippen molar-refractivity contribution in [3.8, 4) is 0 Å². The van der Waals surface area contributed by atoms with E-state index in [4.69, 9.17) is 4.74 Å². The van der Waals surface area contributed by atoms with Crippen LogP contribution in [0.4, 0.5) is 0 Å². The monoisotopic (exact) mass is 281 g/mol. The number of hydrogen-bond acceptors (Lipinski definition) is 4. The van der Waals surface area contributed by atoms with Crippen LogP contribution in [0.3, 0.4) is 0 Å². The number of ether oxygens (including phenoxy) is 1. The third-order valence-corrected chi connectivity index (χ3v) is 2.57. The fourth-order valence-electron chi connectivity index (χ4n) is 1.52. The highest BCUT2D eigenvalue weighted by molar-refractivity contribution is 5.94. The van der Waals surface area contributed by atoms with Gasteiger partial charge in [-0.15, -0.1) is 0 Å². The van der Waals surface area contributed by atoms with Crippen molar-refractivity contribution in [1.29, 1.82) is 0 Å². The minimum absolute atomic E-state index is 0.0374. The molecular weight excluding hydrogens is 262 g/mol. The quantitative estimate of drug-likeness (QED) is 0.590. The van der Waals surface area contributed by atoms with Gasteiger partial charge in [-0.1, -0.05) is 0 Å². The molecule has 1 rings (SSSR count). The van der Waals surface area contributed by atoms with Crippen molar-refractivity contribution in [2.45, 2.75) is 13.3 Å². The van der Waals surface area contributed by atoms with Gasteiger partial charge in [-0.25, -0.2) is 0 Å². The first kappa shape index (κ1) is 15.9. The highest BCUT2D eigenvalue weighted by atomic mass is 16.5. The van der Waals surface area contributed by atoms with E-state index in [1.165, 1.54) is 12.3 Å². The van der Waals surface area contributed by atoms with Crippen LogP contribution >= 0.6 is 0 Å². The van der Waals surface area contributed by atoms with Crippen LogP contribution in [0.1, 0.15) is 22.5 Å². The summed E-state index contributed by atoms with van der Waals surface area (Å²) in [6.07, 6.45) is 1.52. The van der Waals surface area contributed by atoms with Crippen LogP contribution < -0.4 is 16.1 Å². The summed E-state index contributed by atoms with van der Waals surface area (Å²) in [5, 5.41) is 5.16. The first-order valence-corrected chi connectivity index (χ1v) is 6.27. The Morgan fingerprint density at radius 3 is 2.70 bits per heavy atom. The van der Waals surface area contributed by atoms with E-state index in [0.29, 0.717) is 18.8 Å². The molecule has 1 aromatic rings. The smallest absolute Gasteiger partial charge is 0.256 e. The molecule has 1 heterocycles. The molecule has 7 heteroatoms. The Hall–Kier alpha value is -2.15. The molecule has 0 aromatic carbocycles. The lowest BCUT2D eigenvalue weighted by atomic mass is 10.2. The van der Waals surface area contributed by atoms with Crippen molar-refractivity contribution >= 4 is 11.8 Å². The van der Waals surface area contributed by atoms with Gasteiger partial charge in [0.15, 0.2) is 5.43 Å². The van der Waals surface area contributed by atoms with Gasteiger partial charge in [0.1, 0.15) is 5.56 Å². The number of amides is 2. The zero-order valence-electron chi connectivity index (χ0n) is 11.6. The minimum atomic E-state index is -0.490. The van der Waals surface area contributed by atoms with E-state index in [9.17, 15) is 14.4 Å². The number of carbonyl (C=O) groups excluding carboxylic acids is 2. The van der Waals surface area contributed by atoms with E-state index in [2.05, 4.69) is 15.6 Å². The highest BCUT2D eigenvalue weighted by Gasteiger charge is 2.10. The molecule has 0 radical (unpaired) electrons. The second-order valence-electron chi connectivity index (χ2n) is 4.24. The van der Waals surface area contributed by atoms with Crippen LogP contribution in [0.5, 0.6) is 0 Å². The summed E-state index contributed by atoms with van der Waals surface area (Å²) in [6.45, 7) is 2.77. The van der Waals surface area contributed by atoms with Crippen molar-refractivity contribution in [3.05, 3.63) is 33.7 Å². The van der Waals surface area contributed by atoms with Crippen molar-refractivity contribution in [2.24, 2.45) is 0 Å². The molecular formula is C13H19N3O4. The second kappa shape index (κ2) is 8.11. The third kappa shape index (κ3) is 5.23. The Labute approximate surface area is 116 Å². The molecule has 2 amide bonds. The number of rotatable bonds is 7. The zero-order chi connectivity index (χ0) is 15.0. The number of nitrogens with one attached hydrogen (secondary N) is 3. The van der Waals surface area contributed by atoms with Gasteiger partial charge in [-0.2, -0.15) is 0 Å². The molecule has 3 N–H and O–H groups in total. The van der Waals surface area contributed by atoms with Gasteiger partial charge in [0.25, 0.3) is 5.91 Å². The number of aromatic nitrogens is 1. The van der Waals surface area contributed by atoms with Gasteiger partial charge in [-0.05, 0) is 6.92 Å². The first-order chi connectivity index (χ1) is 9.54. The number of pyridine rings is 1. The van der Waals surface area contributed by atoms with Gasteiger partial charge in [0, 0.05) is 44.6 Å². The second-order valence-corrected chi connectivity index (χ2v) is 4.24. The maximum absolute atomic E-state index is 11.7. The number of hydrogen-bond donors (Lipinski definition) is 3. The van der Waals surface area contributed by atoms with Gasteiger partial charge in [0.05, 0.1) is 6.61 Å². The average molecular weight is 281 g/mol. The number of H-pyrrole nitrogens is 1. The normalized spacial score (nSPS) is 10.1. The van der Waals surface area contributed by atoms with Gasteiger partial charge in [-0.3, -0.25) is 14.4 Å². The van der Waals surface area contributed by atoms with E-state index in [-0.39, 0.29) is 29.9 Å². The van der Waals surface area contributed by atoms with Crippen LogP contribution in [-0.2, 0) is 9.53 Å². The van der Waals surface area contributed by atoms with Crippen molar-refractivity contribution in [1.82, 2.24) is 15.6 Å². The minimum Gasteiger partial charge on any atom is -0.383 e. The Balaban J connectivity index is 2.36. The highest BCUT2D eigenvalue weighted by Crippen LogP contribution is 1.92. The van der Waals surface area contributed by atoms with E-state index in [1.54, 1.807) is 14.0 Å². The van der Waals surface area contributed by atoms with Gasteiger partial charge in [0.2, 0.25) is 5.91 Å². The number of aromatic amines is 1. The molecule has 110 valence electrons. The lowest BCUT2D eigenvalue weighted by Gasteiger charge is -2.06. The number of methoxy groups -OCH3 is 1. The molecule has 0 aliphatic heterocycles. The van der Waals surface area contributed by atoms with Crippen LogP contribution in [-0.4, -0.2) is 43.6 Å². The molecule has 0 saturated carbocycles. The summed E-state index contributed by atoms with van der Waals surface area (Å²) in [4.78, 5) is 37.5. The third-order valence-electron chi connectivity index (χ3n) is 2.57. The molecule has 0 spiro atoms. The molecule has 0 aliphatic carbocycles. The molecule has 1 aromatic heterocycles. The van der Waals surface area contributed by atoms with Crippen LogP contribution in [0.25, 0.3) is 0 Å². The average Bonchev–Trinajstić information content (AvgIpc) is 2.38. The van der Waals surface area contributed by atoms with Gasteiger partial charge >= 0.3 is 0 Å².